The maximum atomic E-state index is 8.34. The second-order valence-electron chi connectivity index (χ2n) is 0. The first-order valence-corrected chi connectivity index (χ1v) is 3.35. The van der Waals surface area contributed by atoms with Crippen molar-refractivity contribution in [1.82, 2.24) is 0 Å². The van der Waals surface area contributed by atoms with Gasteiger partial charge in [-0.25, -0.2) is 0 Å². The van der Waals surface area contributed by atoms with Crippen LogP contribution in [-0.2, 0) is 30.7 Å². The predicted molar refractivity (Wildman–Crippen MR) is 13.6 cm³/mol. The van der Waals surface area contributed by atoms with Crippen molar-refractivity contribution in [3.8, 4) is 0 Å². The molecule has 0 bridgehead atoms. The van der Waals surface area contributed by atoms with Crippen molar-refractivity contribution in [3.63, 3.8) is 0 Å². The second-order valence-corrected chi connectivity index (χ2v) is 0. The van der Waals surface area contributed by atoms with Crippen LogP contribution in [0.5, 0.6) is 0 Å². The van der Waals surface area contributed by atoms with Crippen molar-refractivity contribution < 1.29 is 30.7 Å². The molecule has 0 aliphatic heterocycles. The van der Waals surface area contributed by atoms with Gasteiger partial charge < -0.3 is 4.46 Å². The fraction of sp³-hybridized carbons (Fsp3) is 0. The third-order valence-electron chi connectivity index (χ3n) is 0. The van der Waals surface area contributed by atoms with Crippen molar-refractivity contribution in [2.45, 2.75) is 0 Å². The van der Waals surface area contributed by atoms with Crippen molar-refractivity contribution in [2.24, 2.45) is 0 Å². The molecule has 0 fully saturated rings. The summed E-state index contributed by atoms with van der Waals surface area (Å²) in [5.74, 6) is 0. The Labute approximate surface area is 63.0 Å². The van der Waals surface area contributed by atoms with E-state index < -0.39 is 0 Å². The molecule has 0 aliphatic rings. The van der Waals surface area contributed by atoms with Gasteiger partial charge in [-0.3, -0.25) is 0 Å². The third kappa shape index (κ3) is 70.5. The van der Waals surface area contributed by atoms with Gasteiger partial charge in [-0.1, -0.05) is 0 Å². The van der Waals surface area contributed by atoms with Gasteiger partial charge in [0.1, 0.15) is 0 Å². The molecule has 6 heteroatoms. The van der Waals surface area contributed by atoms with E-state index in [2.05, 4.69) is 0 Å². The summed E-state index contributed by atoms with van der Waals surface area (Å²) in [6, 6.07) is 0. The summed E-state index contributed by atoms with van der Waals surface area (Å²) in [4.78, 5) is 0. The Morgan fingerprint density at radius 3 is 1.17 bits per heavy atom. The molecule has 0 aromatic rings. The van der Waals surface area contributed by atoms with E-state index in [0.29, 0.717) is 42.3 Å². The topological polar surface area (TPSA) is 51.2 Å². The Morgan fingerprint density at radius 1 is 1.17 bits per heavy atom. The van der Waals surface area contributed by atoms with E-state index in [4.69, 9.17) is 10.9 Å². The summed E-state index contributed by atoms with van der Waals surface area (Å²) in [5, 5.41) is 0. The number of rotatable bonds is 0. The van der Waals surface area contributed by atoms with E-state index in [1.54, 1.807) is 10.1 Å². The van der Waals surface area contributed by atoms with Crippen LogP contribution in [0.1, 0.15) is 0 Å². The van der Waals surface area contributed by atoms with Gasteiger partial charge in [-0.05, 0) is 0 Å². The Kier molecular flexibility index (Phi) is 342. The van der Waals surface area contributed by atoms with Crippen LogP contribution in [-0.4, -0.2) is 32.6 Å². The molecular formula is O3SiSnW. The average molecular weight is 379 g/mol. The zero-order valence-corrected chi connectivity index (χ0v) is 9.42. The van der Waals surface area contributed by atoms with Gasteiger partial charge in [0.15, 0.2) is 0 Å². The average Bonchev–Trinajstić information content (AvgIpc) is 1.81. The summed E-state index contributed by atoms with van der Waals surface area (Å²) >= 11 is 0.633. The van der Waals surface area contributed by atoms with Crippen LogP contribution in [0.25, 0.3) is 0 Å². The Balaban J connectivity index is -0.0000000225. The van der Waals surface area contributed by atoms with Crippen molar-refractivity contribution in [3.05, 3.63) is 0 Å². The zero-order chi connectivity index (χ0) is 6.00. The van der Waals surface area contributed by atoms with E-state index in [9.17, 15) is 0 Å². The van der Waals surface area contributed by atoms with Gasteiger partial charge >= 0.3 is 58.9 Å². The molecule has 0 atom stereocenters. The van der Waals surface area contributed by atoms with Crippen molar-refractivity contribution in [2.75, 3.05) is 0 Å². The van der Waals surface area contributed by atoms with E-state index in [0.717, 1.165) is 0 Å². The Hall–Kier alpha value is 1.10. The quantitative estimate of drug-likeness (QED) is 0.502. The van der Waals surface area contributed by atoms with E-state index in [1.165, 1.54) is 0 Å². The normalized spacial score (nSPS) is 2.00. The molecule has 0 heterocycles. The molecular weight excluding hydrogens is 379 g/mol. The standard InChI is InChI=1S/OSi.2O.Sn.W/c1-2;;;;. The molecule has 0 aliphatic carbocycles. The molecule has 0 N–H and O–H groups in total. The monoisotopic (exact) mass is 380 g/mol. The molecule has 0 amide bonds. The SMILES string of the molecule is O=[Si].[O]=[Sn].[O]=[W]. The van der Waals surface area contributed by atoms with Gasteiger partial charge in [-0.2, -0.15) is 0 Å². The summed E-state index contributed by atoms with van der Waals surface area (Å²) in [6.07, 6.45) is 0. The fourth-order valence-corrected chi connectivity index (χ4v) is 0. The molecule has 0 saturated carbocycles. The van der Waals surface area contributed by atoms with Crippen LogP contribution < -0.4 is 0 Å². The minimum absolute atomic E-state index is 0.300. The molecule has 6 heavy (non-hydrogen) atoms. The molecule has 0 aromatic carbocycles. The summed E-state index contributed by atoms with van der Waals surface area (Å²) in [5.41, 5.74) is 0. The molecule has 0 saturated heterocycles. The van der Waals surface area contributed by atoms with E-state index in [-0.39, 0.29) is 0 Å². The van der Waals surface area contributed by atoms with E-state index in [1.807, 2.05) is 0 Å². The van der Waals surface area contributed by atoms with Crippen LogP contribution >= 0.6 is 0 Å². The second kappa shape index (κ2) is 130. The van der Waals surface area contributed by atoms with Crippen molar-refractivity contribution in [1.29, 1.82) is 0 Å². The Morgan fingerprint density at radius 2 is 1.17 bits per heavy atom. The van der Waals surface area contributed by atoms with Crippen LogP contribution in [0.2, 0.25) is 0 Å². The van der Waals surface area contributed by atoms with Gasteiger partial charge in [0.05, 0.1) is 0 Å². The summed E-state index contributed by atoms with van der Waals surface area (Å²) in [7, 11) is 1.72. The first-order chi connectivity index (χ1) is 3.00. The number of hydrogen-bond acceptors (Lipinski definition) is 3. The minimum atomic E-state index is 0.300. The van der Waals surface area contributed by atoms with Gasteiger partial charge in [0, 0.05) is 0 Å². The van der Waals surface area contributed by atoms with Gasteiger partial charge in [0.2, 0.25) is 0 Å². The molecule has 4 radical (unpaired) electrons. The molecule has 32 valence electrons. The molecule has 0 unspecified atom stereocenters. The van der Waals surface area contributed by atoms with Gasteiger partial charge in [-0.15, -0.1) is 0 Å². The van der Waals surface area contributed by atoms with Crippen LogP contribution in [0.15, 0.2) is 0 Å². The first kappa shape index (κ1) is 15.7. The summed E-state index contributed by atoms with van der Waals surface area (Å²) < 4.78 is 24.7. The third-order valence-corrected chi connectivity index (χ3v) is 0. The molecule has 0 spiro atoms. The van der Waals surface area contributed by atoms with Crippen LogP contribution in [0, 0.1) is 0 Å². The van der Waals surface area contributed by atoms with Crippen molar-refractivity contribution >= 4 is 32.6 Å². The van der Waals surface area contributed by atoms with Crippen LogP contribution in [0.3, 0.4) is 0 Å². The van der Waals surface area contributed by atoms with Crippen LogP contribution in [0.4, 0.5) is 0 Å². The molecule has 3 nitrogen and oxygen atoms in total. The predicted octanol–water partition coefficient (Wildman–Crippen LogP) is -1.12. The Bertz CT molecular complexity index is 15.5. The van der Waals surface area contributed by atoms with Gasteiger partial charge in [0.25, 0.3) is 0 Å². The molecule has 0 aromatic heterocycles. The molecule has 0 rings (SSSR count). The number of hydrogen-bond donors (Lipinski definition) is 0. The van der Waals surface area contributed by atoms with E-state index >= 15 is 0 Å². The maximum absolute atomic E-state index is 8.34. The fourth-order valence-electron chi connectivity index (χ4n) is 0. The summed E-state index contributed by atoms with van der Waals surface area (Å²) in [6.45, 7) is 0. The first-order valence-electron chi connectivity index (χ1n) is 0.575. The zero-order valence-electron chi connectivity index (χ0n) is 2.63.